The van der Waals surface area contributed by atoms with Gasteiger partial charge in [0.1, 0.15) is 0 Å². The van der Waals surface area contributed by atoms with E-state index in [9.17, 15) is 9.59 Å². The first-order chi connectivity index (χ1) is 14.0. The predicted octanol–water partition coefficient (Wildman–Crippen LogP) is 4.34. The van der Waals surface area contributed by atoms with Gasteiger partial charge in [0, 0.05) is 30.4 Å². The number of carbonyl (C=O) groups excluding carboxylic acids is 1. The Morgan fingerprint density at radius 3 is 2.48 bits per heavy atom. The molecule has 5 nitrogen and oxygen atoms in total. The summed E-state index contributed by atoms with van der Waals surface area (Å²) in [5.41, 5.74) is 2.70. The van der Waals surface area contributed by atoms with Crippen molar-refractivity contribution in [3.63, 3.8) is 0 Å². The quantitative estimate of drug-likeness (QED) is 0.696. The lowest BCUT2D eigenvalue weighted by atomic mass is 9.73. The number of aromatic amines is 1. The summed E-state index contributed by atoms with van der Waals surface area (Å²) < 4.78 is 5.53. The van der Waals surface area contributed by atoms with E-state index in [-0.39, 0.29) is 17.4 Å². The third kappa shape index (κ3) is 3.70. The molecule has 1 amide bonds. The number of benzene rings is 2. The van der Waals surface area contributed by atoms with Crippen molar-refractivity contribution in [1.82, 2.24) is 4.98 Å². The van der Waals surface area contributed by atoms with Gasteiger partial charge in [-0.3, -0.25) is 9.59 Å². The van der Waals surface area contributed by atoms with E-state index >= 15 is 0 Å². The summed E-state index contributed by atoms with van der Waals surface area (Å²) >= 11 is 0. The maximum Gasteiger partial charge on any atom is 0.248 e. The van der Waals surface area contributed by atoms with Crippen molar-refractivity contribution in [2.45, 2.75) is 38.0 Å². The van der Waals surface area contributed by atoms with Gasteiger partial charge in [0.05, 0.1) is 10.9 Å². The monoisotopic (exact) mass is 390 g/mol. The van der Waals surface area contributed by atoms with Gasteiger partial charge in [-0.2, -0.15) is 0 Å². The Morgan fingerprint density at radius 2 is 1.79 bits per heavy atom. The molecule has 1 fully saturated rings. The van der Waals surface area contributed by atoms with E-state index in [1.165, 1.54) is 0 Å². The summed E-state index contributed by atoms with van der Waals surface area (Å²) in [6, 6.07) is 17.3. The number of carbonyl (C=O) groups is 1. The number of nitrogens with one attached hydrogen (secondary N) is 2. The smallest absolute Gasteiger partial charge is 0.248 e. The van der Waals surface area contributed by atoms with Crippen LogP contribution in [-0.2, 0) is 14.9 Å². The topological polar surface area (TPSA) is 71.2 Å². The van der Waals surface area contributed by atoms with Gasteiger partial charge in [-0.1, -0.05) is 50.2 Å². The zero-order valence-corrected chi connectivity index (χ0v) is 16.8. The van der Waals surface area contributed by atoms with E-state index in [0.29, 0.717) is 31.7 Å². The molecule has 0 aliphatic carbocycles. The molecule has 2 heterocycles. The average molecular weight is 390 g/mol. The Hall–Kier alpha value is -2.92. The minimum Gasteiger partial charge on any atom is -0.381 e. The third-order valence-electron chi connectivity index (χ3n) is 5.86. The van der Waals surface area contributed by atoms with E-state index in [4.69, 9.17) is 4.74 Å². The molecule has 0 bridgehead atoms. The van der Waals surface area contributed by atoms with E-state index in [1.807, 2.05) is 48.5 Å². The predicted molar refractivity (Wildman–Crippen MR) is 115 cm³/mol. The second-order valence-corrected chi connectivity index (χ2v) is 8.02. The SMILES string of the molecule is CC(C)c1cc(=O)[nH]c2cc(NC(=O)C3(c4ccccc4)CCOCC3)ccc12. The molecule has 1 aliphatic heterocycles. The van der Waals surface area contributed by atoms with Crippen LogP contribution in [0.5, 0.6) is 0 Å². The summed E-state index contributed by atoms with van der Waals surface area (Å²) in [6.07, 6.45) is 1.29. The fourth-order valence-corrected chi connectivity index (χ4v) is 4.22. The van der Waals surface area contributed by atoms with Crippen LogP contribution in [0.2, 0.25) is 0 Å². The molecule has 0 saturated carbocycles. The van der Waals surface area contributed by atoms with Crippen molar-refractivity contribution in [3.8, 4) is 0 Å². The molecule has 3 aromatic rings. The van der Waals surface area contributed by atoms with E-state index in [0.717, 1.165) is 22.0 Å². The van der Waals surface area contributed by atoms with Crippen LogP contribution < -0.4 is 10.9 Å². The lowest BCUT2D eigenvalue weighted by Crippen LogP contribution is -2.44. The fraction of sp³-hybridized carbons (Fsp3) is 0.333. The van der Waals surface area contributed by atoms with Gasteiger partial charge in [0.25, 0.3) is 0 Å². The Balaban J connectivity index is 1.70. The number of H-pyrrole nitrogens is 1. The second-order valence-electron chi connectivity index (χ2n) is 8.02. The van der Waals surface area contributed by atoms with Crippen molar-refractivity contribution in [1.29, 1.82) is 0 Å². The molecule has 29 heavy (non-hydrogen) atoms. The summed E-state index contributed by atoms with van der Waals surface area (Å²) in [5.74, 6) is 0.206. The van der Waals surface area contributed by atoms with E-state index < -0.39 is 5.41 Å². The minimum atomic E-state index is -0.609. The highest BCUT2D eigenvalue weighted by molar-refractivity contribution is 6.00. The summed E-state index contributed by atoms with van der Waals surface area (Å²) in [6.45, 7) is 5.26. The Labute approximate surface area is 170 Å². The van der Waals surface area contributed by atoms with Gasteiger partial charge in [0.2, 0.25) is 11.5 Å². The average Bonchev–Trinajstić information content (AvgIpc) is 2.74. The molecule has 1 aromatic heterocycles. The fourth-order valence-electron chi connectivity index (χ4n) is 4.22. The normalized spacial score (nSPS) is 16.1. The van der Waals surface area contributed by atoms with Gasteiger partial charge < -0.3 is 15.0 Å². The standard InChI is InChI=1S/C24H26N2O3/c1-16(2)20-15-22(27)26-21-14-18(8-9-19(20)21)25-23(28)24(10-12-29-13-11-24)17-6-4-3-5-7-17/h3-9,14-16H,10-13H2,1-2H3,(H,25,28)(H,26,27). The minimum absolute atomic E-state index is 0.0336. The van der Waals surface area contributed by atoms with Crippen LogP contribution in [0.15, 0.2) is 59.4 Å². The highest BCUT2D eigenvalue weighted by atomic mass is 16.5. The highest BCUT2D eigenvalue weighted by Gasteiger charge is 2.41. The first-order valence-electron chi connectivity index (χ1n) is 10.1. The molecule has 1 saturated heterocycles. The summed E-state index contributed by atoms with van der Waals surface area (Å²) in [4.78, 5) is 28.4. The number of ether oxygens (including phenoxy) is 1. The Kier molecular flexibility index (Phi) is 5.24. The number of hydrogen-bond acceptors (Lipinski definition) is 3. The van der Waals surface area contributed by atoms with E-state index in [2.05, 4.69) is 24.1 Å². The number of hydrogen-bond donors (Lipinski definition) is 2. The Bertz CT molecular complexity index is 1080. The number of rotatable bonds is 4. The van der Waals surface area contributed by atoms with Crippen LogP contribution in [0.25, 0.3) is 10.9 Å². The zero-order valence-electron chi connectivity index (χ0n) is 16.8. The van der Waals surface area contributed by atoms with E-state index in [1.54, 1.807) is 6.07 Å². The van der Waals surface area contributed by atoms with Crippen LogP contribution in [0, 0.1) is 0 Å². The highest BCUT2D eigenvalue weighted by Crippen LogP contribution is 2.36. The summed E-state index contributed by atoms with van der Waals surface area (Å²) in [7, 11) is 0. The van der Waals surface area contributed by atoms with Gasteiger partial charge in [0.15, 0.2) is 0 Å². The molecular formula is C24H26N2O3. The van der Waals surface area contributed by atoms with Crippen molar-refractivity contribution in [2.75, 3.05) is 18.5 Å². The van der Waals surface area contributed by atoms with Crippen LogP contribution >= 0.6 is 0 Å². The number of amides is 1. The van der Waals surface area contributed by atoms with Crippen LogP contribution in [-0.4, -0.2) is 24.1 Å². The number of pyridine rings is 1. The van der Waals surface area contributed by atoms with Crippen molar-refractivity contribution < 1.29 is 9.53 Å². The van der Waals surface area contributed by atoms with Crippen LogP contribution in [0.3, 0.4) is 0 Å². The van der Waals surface area contributed by atoms with Gasteiger partial charge in [-0.05, 0) is 42.0 Å². The molecule has 0 atom stereocenters. The van der Waals surface area contributed by atoms with Crippen molar-refractivity contribution >= 4 is 22.5 Å². The molecule has 2 N–H and O–H groups in total. The zero-order chi connectivity index (χ0) is 20.4. The molecular weight excluding hydrogens is 364 g/mol. The maximum atomic E-state index is 13.4. The molecule has 1 aliphatic rings. The molecule has 2 aromatic carbocycles. The van der Waals surface area contributed by atoms with Gasteiger partial charge >= 0.3 is 0 Å². The number of aromatic nitrogens is 1. The molecule has 0 radical (unpaired) electrons. The lowest BCUT2D eigenvalue weighted by Gasteiger charge is -2.36. The molecule has 4 rings (SSSR count). The van der Waals surface area contributed by atoms with Crippen LogP contribution in [0.1, 0.15) is 43.7 Å². The number of fused-ring (bicyclic) bond motifs is 1. The van der Waals surface area contributed by atoms with Crippen LogP contribution in [0.4, 0.5) is 5.69 Å². The lowest BCUT2D eigenvalue weighted by molar-refractivity contribution is -0.125. The Morgan fingerprint density at radius 1 is 1.07 bits per heavy atom. The largest absolute Gasteiger partial charge is 0.381 e. The maximum absolute atomic E-state index is 13.4. The molecule has 0 spiro atoms. The molecule has 5 heteroatoms. The van der Waals surface area contributed by atoms with Gasteiger partial charge in [-0.25, -0.2) is 0 Å². The molecule has 150 valence electrons. The van der Waals surface area contributed by atoms with Gasteiger partial charge in [-0.15, -0.1) is 0 Å². The summed E-state index contributed by atoms with van der Waals surface area (Å²) in [5, 5.41) is 4.10. The first kappa shape index (κ1) is 19.4. The van der Waals surface area contributed by atoms with Crippen molar-refractivity contribution in [2.24, 2.45) is 0 Å². The third-order valence-corrected chi connectivity index (χ3v) is 5.86. The second kappa shape index (κ2) is 7.84. The number of anilines is 1. The van der Waals surface area contributed by atoms with Crippen molar-refractivity contribution in [3.05, 3.63) is 76.1 Å². The molecule has 0 unspecified atom stereocenters. The first-order valence-corrected chi connectivity index (χ1v) is 10.1.